The molecule has 0 saturated heterocycles. The molecule has 0 radical (unpaired) electrons. The van der Waals surface area contributed by atoms with E-state index in [0.29, 0.717) is 11.8 Å². The largest absolute Gasteiger partial charge is 0.329 e. The molecule has 19 heavy (non-hydrogen) atoms. The molecule has 0 bridgehead atoms. The predicted octanol–water partition coefficient (Wildman–Crippen LogP) is 2.09. The predicted molar refractivity (Wildman–Crippen MR) is 66.4 cm³/mol. The lowest BCUT2D eigenvalue weighted by molar-refractivity contribution is 0.0968. The maximum atomic E-state index is 13.4. The van der Waals surface area contributed by atoms with E-state index in [1.807, 2.05) is 0 Å². The number of aliphatic imine (C=N–C) groups is 1. The van der Waals surface area contributed by atoms with E-state index in [4.69, 9.17) is 0 Å². The number of nitrogens with zero attached hydrogens (tertiary/aromatic N) is 3. The second-order valence-electron chi connectivity index (χ2n) is 3.91. The highest BCUT2D eigenvalue weighted by atomic mass is 19.1. The average molecular weight is 263 g/mol. The minimum atomic E-state index is -0.861. The Hall–Kier alpha value is -2.37. The lowest BCUT2D eigenvalue weighted by Gasteiger charge is -2.03. The highest BCUT2D eigenvalue weighted by molar-refractivity contribution is 5.96. The Bertz CT molecular complexity index is 635. The number of imidazole rings is 1. The van der Waals surface area contributed by atoms with Crippen LogP contribution in [0.4, 0.5) is 8.78 Å². The van der Waals surface area contributed by atoms with Crippen molar-refractivity contribution in [1.29, 1.82) is 0 Å². The highest BCUT2D eigenvalue weighted by Crippen LogP contribution is 2.11. The fourth-order valence-corrected chi connectivity index (χ4v) is 1.63. The number of ketones is 1. The number of halogens is 2. The van der Waals surface area contributed by atoms with Gasteiger partial charge in [-0.1, -0.05) is 0 Å². The highest BCUT2D eigenvalue weighted by Gasteiger charge is 2.13. The molecule has 1 aromatic heterocycles. The number of benzene rings is 1. The quantitative estimate of drug-likeness (QED) is 0.626. The Morgan fingerprint density at radius 2 is 2.26 bits per heavy atom. The van der Waals surface area contributed by atoms with Crippen LogP contribution in [-0.2, 0) is 6.54 Å². The summed E-state index contributed by atoms with van der Waals surface area (Å²) in [5.41, 5.74) is 0.468. The summed E-state index contributed by atoms with van der Waals surface area (Å²) in [6.07, 6.45) is 4.61. The van der Waals surface area contributed by atoms with Crippen molar-refractivity contribution in [2.45, 2.75) is 6.54 Å². The van der Waals surface area contributed by atoms with Gasteiger partial charge in [0.05, 0.1) is 24.1 Å². The minimum Gasteiger partial charge on any atom is -0.329 e. The molecule has 4 nitrogen and oxygen atoms in total. The van der Waals surface area contributed by atoms with Gasteiger partial charge in [0.1, 0.15) is 11.6 Å². The fourth-order valence-electron chi connectivity index (χ4n) is 1.63. The molecular weight excluding hydrogens is 252 g/mol. The van der Waals surface area contributed by atoms with Gasteiger partial charge in [0.2, 0.25) is 0 Å². The van der Waals surface area contributed by atoms with Crippen molar-refractivity contribution in [2.24, 2.45) is 4.99 Å². The fraction of sp³-hybridized carbons (Fsp3) is 0.154. The normalized spacial score (nSPS) is 11.1. The third kappa shape index (κ3) is 3.09. The molecule has 0 saturated carbocycles. The Labute approximate surface area is 108 Å². The van der Waals surface area contributed by atoms with E-state index in [9.17, 15) is 13.6 Å². The van der Waals surface area contributed by atoms with Crippen LogP contribution in [-0.4, -0.2) is 28.6 Å². The first-order valence-electron chi connectivity index (χ1n) is 5.52. The van der Waals surface area contributed by atoms with E-state index < -0.39 is 17.4 Å². The summed E-state index contributed by atoms with van der Waals surface area (Å²) in [6.45, 7) is -0.0624. The number of hydrogen-bond donors (Lipinski definition) is 0. The lowest BCUT2D eigenvalue weighted by atomic mass is 10.1. The molecule has 2 rings (SSSR count). The number of rotatable bonds is 4. The van der Waals surface area contributed by atoms with Crippen molar-refractivity contribution in [3.05, 3.63) is 53.6 Å². The zero-order chi connectivity index (χ0) is 13.8. The van der Waals surface area contributed by atoms with Crippen molar-refractivity contribution in [2.75, 3.05) is 7.05 Å². The van der Waals surface area contributed by atoms with Crippen molar-refractivity contribution in [3.63, 3.8) is 0 Å². The Morgan fingerprint density at radius 1 is 1.47 bits per heavy atom. The Kier molecular flexibility index (Phi) is 3.79. The van der Waals surface area contributed by atoms with Gasteiger partial charge >= 0.3 is 0 Å². The standard InChI is InChI=1S/C13H11F2N3O/c1-16-5-10-6-18(8-17-10)7-13(19)11-3-2-9(14)4-12(11)15/h2-6,8H,7H2,1H3. The van der Waals surface area contributed by atoms with E-state index in [1.54, 1.807) is 19.5 Å². The van der Waals surface area contributed by atoms with Gasteiger partial charge in [0.15, 0.2) is 5.78 Å². The third-order valence-electron chi connectivity index (χ3n) is 2.47. The first kappa shape index (κ1) is 13.1. The molecule has 0 aliphatic heterocycles. The molecule has 0 spiro atoms. The molecule has 0 aliphatic carbocycles. The van der Waals surface area contributed by atoms with Gasteiger partial charge in [-0.25, -0.2) is 13.8 Å². The van der Waals surface area contributed by atoms with Crippen LogP contribution >= 0.6 is 0 Å². The number of aromatic nitrogens is 2. The number of hydrogen-bond acceptors (Lipinski definition) is 3. The summed E-state index contributed by atoms with van der Waals surface area (Å²) in [5, 5.41) is 0. The van der Waals surface area contributed by atoms with Crippen LogP contribution in [0.25, 0.3) is 0 Å². The Morgan fingerprint density at radius 3 is 2.95 bits per heavy atom. The molecular formula is C13H11F2N3O. The molecule has 1 heterocycles. The summed E-state index contributed by atoms with van der Waals surface area (Å²) in [5.74, 6) is -2.02. The van der Waals surface area contributed by atoms with Crippen LogP contribution in [0.3, 0.4) is 0 Å². The third-order valence-corrected chi connectivity index (χ3v) is 2.47. The second kappa shape index (κ2) is 5.51. The molecule has 0 aliphatic rings. The van der Waals surface area contributed by atoms with Crippen LogP contribution in [0.5, 0.6) is 0 Å². The van der Waals surface area contributed by atoms with Gasteiger partial charge in [-0.05, 0) is 12.1 Å². The van der Waals surface area contributed by atoms with Crippen LogP contribution in [0.1, 0.15) is 16.1 Å². The van der Waals surface area contributed by atoms with Gasteiger partial charge < -0.3 is 4.57 Å². The monoisotopic (exact) mass is 263 g/mol. The van der Waals surface area contributed by atoms with E-state index in [2.05, 4.69) is 9.98 Å². The smallest absolute Gasteiger partial charge is 0.185 e. The molecule has 98 valence electrons. The van der Waals surface area contributed by atoms with E-state index in [1.165, 1.54) is 10.9 Å². The molecule has 2 aromatic rings. The summed E-state index contributed by atoms with van der Waals surface area (Å²) in [4.78, 5) is 19.7. The SMILES string of the molecule is CN=Cc1cn(CC(=O)c2ccc(F)cc2F)cn1. The molecule has 0 atom stereocenters. The van der Waals surface area contributed by atoms with Crippen molar-refractivity contribution in [3.8, 4) is 0 Å². The summed E-state index contributed by atoms with van der Waals surface area (Å²) < 4.78 is 27.7. The lowest BCUT2D eigenvalue weighted by Crippen LogP contribution is -2.11. The van der Waals surface area contributed by atoms with Crippen LogP contribution in [0, 0.1) is 11.6 Å². The summed E-state index contributed by atoms with van der Waals surface area (Å²) in [7, 11) is 1.61. The average Bonchev–Trinajstić information content (AvgIpc) is 2.76. The molecule has 1 aromatic carbocycles. The molecule has 0 amide bonds. The Balaban J connectivity index is 2.15. The van der Waals surface area contributed by atoms with Crippen molar-refractivity contribution in [1.82, 2.24) is 9.55 Å². The van der Waals surface area contributed by atoms with Crippen LogP contribution in [0.2, 0.25) is 0 Å². The van der Waals surface area contributed by atoms with E-state index in [0.717, 1.165) is 12.1 Å². The van der Waals surface area contributed by atoms with Gasteiger partial charge in [-0.2, -0.15) is 0 Å². The number of carbonyl (C=O) groups is 1. The zero-order valence-corrected chi connectivity index (χ0v) is 10.2. The zero-order valence-electron chi connectivity index (χ0n) is 10.2. The number of Topliss-reactive ketones (excluding diaryl/α,β-unsaturated/α-hetero) is 1. The first-order valence-corrected chi connectivity index (χ1v) is 5.52. The maximum Gasteiger partial charge on any atom is 0.185 e. The maximum absolute atomic E-state index is 13.4. The summed E-state index contributed by atoms with van der Waals surface area (Å²) >= 11 is 0. The van der Waals surface area contributed by atoms with E-state index >= 15 is 0 Å². The topological polar surface area (TPSA) is 47.2 Å². The number of carbonyl (C=O) groups excluding carboxylic acids is 1. The van der Waals surface area contributed by atoms with Crippen molar-refractivity contribution < 1.29 is 13.6 Å². The van der Waals surface area contributed by atoms with E-state index in [-0.39, 0.29) is 12.1 Å². The second-order valence-corrected chi connectivity index (χ2v) is 3.91. The van der Waals surface area contributed by atoms with Gasteiger partial charge in [-0.15, -0.1) is 0 Å². The van der Waals surface area contributed by atoms with Crippen molar-refractivity contribution >= 4 is 12.0 Å². The summed E-state index contributed by atoms with van der Waals surface area (Å²) in [6, 6.07) is 2.88. The molecule has 0 fully saturated rings. The molecule has 0 N–H and O–H groups in total. The van der Waals surface area contributed by atoms with Crippen LogP contribution in [0.15, 0.2) is 35.7 Å². The van der Waals surface area contributed by atoms with Gasteiger partial charge in [0, 0.05) is 25.5 Å². The first-order chi connectivity index (χ1) is 9.10. The van der Waals surface area contributed by atoms with Crippen LogP contribution < -0.4 is 0 Å². The minimum absolute atomic E-state index is 0.0624. The van der Waals surface area contributed by atoms with Gasteiger partial charge in [0.25, 0.3) is 0 Å². The molecule has 6 heteroatoms. The van der Waals surface area contributed by atoms with Gasteiger partial charge in [-0.3, -0.25) is 9.79 Å². The molecule has 0 unspecified atom stereocenters.